The maximum atomic E-state index is 12.6. The zero-order valence-electron chi connectivity index (χ0n) is 42.9. The average Bonchev–Trinajstić information content (AvgIpc) is 3.29. The molecule has 5 N–H and O–H groups in total. The first-order chi connectivity index (χ1) is 31.0. The third-order valence-corrected chi connectivity index (χ3v) is 14.1. The van der Waals surface area contributed by atoms with E-state index in [4.69, 9.17) is 0 Å². The van der Waals surface area contributed by atoms with Gasteiger partial charge >= 0.3 is 0 Å². The van der Waals surface area contributed by atoms with E-state index in [1.807, 2.05) is 0 Å². The molecule has 63 heavy (non-hydrogen) atoms. The highest BCUT2D eigenvalue weighted by Gasteiger charge is 2.28. The van der Waals surface area contributed by atoms with Gasteiger partial charge in [-0.3, -0.25) is 4.79 Å². The summed E-state index contributed by atoms with van der Waals surface area (Å²) in [7, 11) is 0. The van der Waals surface area contributed by atoms with E-state index >= 15 is 0 Å². The topological polar surface area (TPSA) is 110 Å². The maximum absolute atomic E-state index is 12.6. The Morgan fingerprint density at radius 2 is 0.540 bits per heavy atom. The van der Waals surface area contributed by atoms with Crippen molar-refractivity contribution in [2.45, 2.75) is 353 Å². The summed E-state index contributed by atoms with van der Waals surface area (Å²) in [5.41, 5.74) is 0. The largest absolute Gasteiger partial charge is 0.394 e. The molecule has 0 heterocycles. The summed E-state index contributed by atoms with van der Waals surface area (Å²) in [5.74, 6) is -0.577. The van der Waals surface area contributed by atoms with Gasteiger partial charge in [-0.1, -0.05) is 316 Å². The Morgan fingerprint density at radius 3 is 0.762 bits per heavy atom. The van der Waals surface area contributed by atoms with E-state index in [9.17, 15) is 25.2 Å². The molecule has 0 aliphatic carbocycles. The van der Waals surface area contributed by atoms with Gasteiger partial charge in [0, 0.05) is 0 Å². The first kappa shape index (κ1) is 62.3. The molecule has 0 aliphatic heterocycles. The number of unbranched alkanes of at least 4 members (excludes halogenated alkanes) is 45. The van der Waals surface area contributed by atoms with Crippen LogP contribution in [0.1, 0.15) is 328 Å². The quantitative estimate of drug-likeness (QED) is 0.0391. The number of aliphatic hydroxyl groups excluding tert-OH is 4. The Bertz CT molecular complexity index is 871. The van der Waals surface area contributed by atoms with Crippen LogP contribution in [0.5, 0.6) is 0 Å². The second-order valence-corrected chi connectivity index (χ2v) is 20.4. The van der Waals surface area contributed by atoms with Gasteiger partial charge in [-0.2, -0.15) is 0 Å². The van der Waals surface area contributed by atoms with Crippen LogP contribution in [0, 0.1) is 0 Å². The molecule has 0 bridgehead atoms. The monoisotopic (exact) mass is 894 g/mol. The van der Waals surface area contributed by atoms with Crippen molar-refractivity contribution in [2.75, 3.05) is 6.61 Å². The lowest BCUT2D eigenvalue weighted by molar-refractivity contribution is -0.132. The standard InChI is InChI=1S/C57H115NO5/c1-3-5-7-9-11-13-15-17-18-19-20-21-22-23-24-25-26-27-28-29-30-31-32-33-34-35-36-37-39-41-43-45-47-49-51-55(61)57(63)58-53(52-59)56(62)54(60)50-48-46-44-42-40-38-16-14-12-10-8-6-4-2/h53-56,59-62H,3-52H2,1-2H3,(H,58,63). The predicted molar refractivity (Wildman–Crippen MR) is 275 cm³/mol. The second-order valence-electron chi connectivity index (χ2n) is 20.4. The van der Waals surface area contributed by atoms with Crippen molar-refractivity contribution in [3.8, 4) is 0 Å². The van der Waals surface area contributed by atoms with Crippen molar-refractivity contribution in [2.24, 2.45) is 0 Å². The summed E-state index contributed by atoms with van der Waals surface area (Å²) in [5, 5.41) is 43.9. The van der Waals surface area contributed by atoms with E-state index < -0.39 is 36.9 Å². The van der Waals surface area contributed by atoms with Crippen LogP contribution in [0.2, 0.25) is 0 Å². The number of hydrogen-bond donors (Lipinski definition) is 5. The number of rotatable bonds is 54. The summed E-state index contributed by atoms with van der Waals surface area (Å²) in [4.78, 5) is 12.6. The minimum absolute atomic E-state index is 0.376. The van der Waals surface area contributed by atoms with Gasteiger partial charge in [0.25, 0.3) is 0 Å². The van der Waals surface area contributed by atoms with Crippen LogP contribution in [-0.4, -0.2) is 57.3 Å². The van der Waals surface area contributed by atoms with Crippen molar-refractivity contribution in [1.82, 2.24) is 5.32 Å². The zero-order chi connectivity index (χ0) is 45.9. The molecule has 6 heteroatoms. The molecular weight excluding hydrogens is 779 g/mol. The van der Waals surface area contributed by atoms with Gasteiger partial charge in [-0.05, 0) is 12.8 Å². The molecule has 0 spiro atoms. The van der Waals surface area contributed by atoms with E-state index in [0.29, 0.717) is 12.8 Å². The third-order valence-electron chi connectivity index (χ3n) is 14.1. The lowest BCUT2D eigenvalue weighted by atomic mass is 9.99. The van der Waals surface area contributed by atoms with Gasteiger partial charge in [0.2, 0.25) is 5.91 Å². The van der Waals surface area contributed by atoms with Gasteiger partial charge in [0.05, 0.1) is 18.8 Å². The minimum Gasteiger partial charge on any atom is -0.394 e. The molecular formula is C57H115NO5. The van der Waals surface area contributed by atoms with E-state index in [-0.39, 0.29) is 0 Å². The average molecular weight is 895 g/mol. The fourth-order valence-corrected chi connectivity index (χ4v) is 9.53. The molecule has 0 aromatic heterocycles. The number of nitrogens with one attached hydrogen (secondary N) is 1. The molecule has 0 aliphatic rings. The Morgan fingerprint density at radius 1 is 0.333 bits per heavy atom. The third kappa shape index (κ3) is 46.2. The molecule has 4 unspecified atom stereocenters. The van der Waals surface area contributed by atoms with Crippen molar-refractivity contribution in [1.29, 1.82) is 0 Å². The highest BCUT2D eigenvalue weighted by molar-refractivity contribution is 5.80. The number of carbonyl (C=O) groups is 1. The van der Waals surface area contributed by atoms with Crippen LogP contribution in [0.25, 0.3) is 0 Å². The molecule has 0 rings (SSSR count). The van der Waals surface area contributed by atoms with Gasteiger partial charge in [0.1, 0.15) is 12.2 Å². The van der Waals surface area contributed by atoms with Gasteiger partial charge in [-0.15, -0.1) is 0 Å². The number of aliphatic hydroxyl groups is 4. The van der Waals surface area contributed by atoms with E-state index in [2.05, 4.69) is 19.2 Å². The predicted octanol–water partition coefficient (Wildman–Crippen LogP) is 16.7. The van der Waals surface area contributed by atoms with Crippen LogP contribution >= 0.6 is 0 Å². The minimum atomic E-state index is -1.25. The SMILES string of the molecule is CCCCCCCCCCCCCCCCCCCCCCCCCCCCCCCCCCCCC(O)C(=O)NC(CO)C(O)C(O)CCCCCCCCCCCCCCC. The van der Waals surface area contributed by atoms with Gasteiger partial charge in [0.15, 0.2) is 0 Å². The maximum Gasteiger partial charge on any atom is 0.249 e. The number of hydrogen-bond acceptors (Lipinski definition) is 5. The Balaban J connectivity index is 3.48. The highest BCUT2D eigenvalue weighted by atomic mass is 16.3. The Kier molecular flexibility index (Phi) is 51.7. The van der Waals surface area contributed by atoms with Crippen LogP contribution in [0.4, 0.5) is 0 Å². The van der Waals surface area contributed by atoms with E-state index in [0.717, 1.165) is 38.5 Å². The fraction of sp³-hybridized carbons (Fsp3) is 0.982. The van der Waals surface area contributed by atoms with Crippen LogP contribution in [-0.2, 0) is 4.79 Å². The summed E-state index contributed by atoms with van der Waals surface area (Å²) in [6.45, 7) is 4.08. The highest BCUT2D eigenvalue weighted by Crippen LogP contribution is 2.19. The number of carbonyl (C=O) groups excluding carboxylic acids is 1. The van der Waals surface area contributed by atoms with Gasteiger partial charge in [-0.25, -0.2) is 0 Å². The first-order valence-corrected chi connectivity index (χ1v) is 28.9. The lowest BCUT2D eigenvalue weighted by Crippen LogP contribution is -2.53. The van der Waals surface area contributed by atoms with Crippen molar-refractivity contribution >= 4 is 5.91 Å². The summed E-state index contributed by atoms with van der Waals surface area (Å²) < 4.78 is 0. The summed E-state index contributed by atoms with van der Waals surface area (Å²) >= 11 is 0. The number of amides is 1. The zero-order valence-corrected chi connectivity index (χ0v) is 42.9. The summed E-state index contributed by atoms with van der Waals surface area (Å²) in [6.07, 6.45) is 60.5. The van der Waals surface area contributed by atoms with E-state index in [1.165, 1.54) is 263 Å². The van der Waals surface area contributed by atoms with Crippen LogP contribution < -0.4 is 5.32 Å². The van der Waals surface area contributed by atoms with Crippen molar-refractivity contribution in [3.63, 3.8) is 0 Å². The molecule has 4 atom stereocenters. The smallest absolute Gasteiger partial charge is 0.249 e. The lowest BCUT2D eigenvalue weighted by Gasteiger charge is -2.27. The Labute approximate surface area is 394 Å². The second kappa shape index (κ2) is 52.3. The molecule has 0 aromatic rings. The van der Waals surface area contributed by atoms with Crippen LogP contribution in [0.3, 0.4) is 0 Å². The van der Waals surface area contributed by atoms with Crippen molar-refractivity contribution < 1.29 is 25.2 Å². The molecule has 378 valence electrons. The normalized spacial score (nSPS) is 13.7. The van der Waals surface area contributed by atoms with E-state index in [1.54, 1.807) is 0 Å². The first-order valence-electron chi connectivity index (χ1n) is 28.9. The molecule has 0 saturated carbocycles. The van der Waals surface area contributed by atoms with Gasteiger partial charge < -0.3 is 25.7 Å². The van der Waals surface area contributed by atoms with Crippen molar-refractivity contribution in [3.05, 3.63) is 0 Å². The molecule has 0 aromatic carbocycles. The molecule has 0 radical (unpaired) electrons. The molecule has 1 amide bonds. The van der Waals surface area contributed by atoms with Crippen LogP contribution in [0.15, 0.2) is 0 Å². The molecule has 0 saturated heterocycles. The molecule has 6 nitrogen and oxygen atoms in total. The summed E-state index contributed by atoms with van der Waals surface area (Å²) in [6, 6.07) is -0.979. The molecule has 0 fully saturated rings. The fourth-order valence-electron chi connectivity index (χ4n) is 9.53. The Hall–Kier alpha value is -0.690.